The Balaban J connectivity index is 0.00000392. The molecule has 0 radical (unpaired) electrons. The Labute approximate surface area is 181 Å². The largest absolute Gasteiger partial charge is 0.401 e. The van der Waals surface area contributed by atoms with Crippen molar-refractivity contribution in [1.29, 1.82) is 0 Å². The van der Waals surface area contributed by atoms with E-state index in [1.165, 1.54) is 11.0 Å². The summed E-state index contributed by atoms with van der Waals surface area (Å²) in [6.45, 7) is 3.75. The molecule has 2 N–H and O–H groups in total. The lowest BCUT2D eigenvalue weighted by molar-refractivity contribution is -0.148. The van der Waals surface area contributed by atoms with Crippen molar-refractivity contribution in [3.8, 4) is 0 Å². The first-order valence-electron chi connectivity index (χ1n) is 9.42. The van der Waals surface area contributed by atoms with Crippen LogP contribution >= 0.6 is 24.0 Å². The van der Waals surface area contributed by atoms with E-state index in [0.717, 1.165) is 19.3 Å². The normalized spacial score (nSPS) is 16.5. The van der Waals surface area contributed by atoms with Crippen LogP contribution in [-0.2, 0) is 6.54 Å². The number of hydrogen-bond acceptors (Lipinski definition) is 2. The molecule has 2 rings (SSSR count). The maximum absolute atomic E-state index is 13.7. The Morgan fingerprint density at radius 2 is 1.86 bits per heavy atom. The summed E-state index contributed by atoms with van der Waals surface area (Å²) < 4.78 is 50.9. The summed E-state index contributed by atoms with van der Waals surface area (Å²) in [7, 11) is 0. The molecule has 0 unspecified atom stereocenters. The van der Waals surface area contributed by atoms with Crippen molar-refractivity contribution in [1.82, 2.24) is 15.5 Å². The van der Waals surface area contributed by atoms with Crippen LogP contribution in [0, 0.1) is 11.7 Å². The Morgan fingerprint density at radius 1 is 1.18 bits per heavy atom. The second-order valence-corrected chi connectivity index (χ2v) is 6.84. The summed E-state index contributed by atoms with van der Waals surface area (Å²) in [6.07, 6.45) is -1.69. The third-order valence-corrected chi connectivity index (χ3v) is 4.66. The zero-order valence-corrected chi connectivity index (χ0v) is 18.4. The van der Waals surface area contributed by atoms with Crippen molar-refractivity contribution >= 4 is 29.9 Å². The summed E-state index contributed by atoms with van der Waals surface area (Å²) in [6, 6.07) is 6.54. The van der Waals surface area contributed by atoms with Crippen molar-refractivity contribution < 1.29 is 17.6 Å². The molecule has 1 heterocycles. The highest BCUT2D eigenvalue weighted by atomic mass is 127. The second-order valence-electron chi connectivity index (χ2n) is 6.84. The fourth-order valence-corrected chi connectivity index (χ4v) is 3.21. The van der Waals surface area contributed by atoms with E-state index in [1.807, 2.05) is 6.92 Å². The van der Waals surface area contributed by atoms with Gasteiger partial charge in [0, 0.05) is 18.7 Å². The highest BCUT2D eigenvalue weighted by molar-refractivity contribution is 14.0. The minimum absolute atomic E-state index is 0. The maximum atomic E-state index is 13.7. The van der Waals surface area contributed by atoms with Crippen LogP contribution in [0.25, 0.3) is 0 Å². The van der Waals surface area contributed by atoms with Crippen LogP contribution in [0.3, 0.4) is 0 Å². The predicted molar refractivity (Wildman–Crippen MR) is 114 cm³/mol. The topological polar surface area (TPSA) is 39.7 Å². The molecule has 9 heteroatoms. The third kappa shape index (κ3) is 9.40. The monoisotopic (exact) mass is 516 g/mol. The molecule has 0 aromatic heterocycles. The van der Waals surface area contributed by atoms with Gasteiger partial charge in [-0.05, 0) is 51.3 Å². The number of alkyl halides is 3. The smallest absolute Gasteiger partial charge is 0.357 e. The first kappa shape index (κ1) is 24.9. The van der Waals surface area contributed by atoms with Crippen molar-refractivity contribution in [2.75, 3.05) is 32.7 Å². The van der Waals surface area contributed by atoms with Gasteiger partial charge in [0.15, 0.2) is 5.96 Å². The summed E-state index contributed by atoms with van der Waals surface area (Å²) in [5, 5.41) is 6.36. The molecule has 1 saturated heterocycles. The molecule has 4 nitrogen and oxygen atoms in total. The van der Waals surface area contributed by atoms with Crippen LogP contribution in [0.4, 0.5) is 17.6 Å². The van der Waals surface area contributed by atoms with Gasteiger partial charge in [-0.3, -0.25) is 4.90 Å². The van der Waals surface area contributed by atoms with Gasteiger partial charge in [0.2, 0.25) is 0 Å². The standard InChI is InChI=1S/C19H28F4N4.HI/c1-2-24-18(26-13-16-5-3-4-6-17(16)20)25-10-7-15-8-11-27(12-9-15)14-19(21,22)23;/h3-6,15H,2,7-14H2,1H3,(H2,24,25,26);1H. The molecular formula is C19H29F4IN4. The summed E-state index contributed by atoms with van der Waals surface area (Å²) in [5.74, 6) is 0.759. The average Bonchev–Trinajstić information content (AvgIpc) is 2.61. The number of aliphatic imine (C=N–C) groups is 1. The van der Waals surface area contributed by atoms with E-state index in [9.17, 15) is 17.6 Å². The molecule has 28 heavy (non-hydrogen) atoms. The van der Waals surface area contributed by atoms with Crippen LogP contribution < -0.4 is 10.6 Å². The lowest BCUT2D eigenvalue weighted by Crippen LogP contribution is -2.41. The number of nitrogens with zero attached hydrogens (tertiary/aromatic N) is 2. The fraction of sp³-hybridized carbons (Fsp3) is 0.632. The lowest BCUT2D eigenvalue weighted by atomic mass is 9.93. The van der Waals surface area contributed by atoms with Gasteiger partial charge in [0.1, 0.15) is 5.82 Å². The fourth-order valence-electron chi connectivity index (χ4n) is 3.21. The number of benzene rings is 1. The van der Waals surface area contributed by atoms with Gasteiger partial charge in [-0.15, -0.1) is 24.0 Å². The Morgan fingerprint density at radius 3 is 2.46 bits per heavy atom. The molecule has 1 aliphatic rings. The molecule has 1 aromatic rings. The van der Waals surface area contributed by atoms with Crippen LogP contribution in [0.2, 0.25) is 0 Å². The molecule has 0 bridgehead atoms. The third-order valence-electron chi connectivity index (χ3n) is 4.66. The highest BCUT2D eigenvalue weighted by Crippen LogP contribution is 2.23. The van der Waals surface area contributed by atoms with Crippen molar-refractivity contribution in [2.24, 2.45) is 10.9 Å². The van der Waals surface area contributed by atoms with Crippen LogP contribution in [0.15, 0.2) is 29.3 Å². The van der Waals surface area contributed by atoms with E-state index in [2.05, 4.69) is 15.6 Å². The molecule has 0 aliphatic carbocycles. The Bertz CT molecular complexity index is 602. The zero-order chi connectivity index (χ0) is 19.7. The number of piperidine rings is 1. The second kappa shape index (κ2) is 12.5. The van der Waals surface area contributed by atoms with Gasteiger partial charge in [0.25, 0.3) is 0 Å². The molecular weight excluding hydrogens is 487 g/mol. The number of nitrogens with one attached hydrogen (secondary N) is 2. The van der Waals surface area contributed by atoms with Crippen molar-refractivity contribution in [3.63, 3.8) is 0 Å². The van der Waals surface area contributed by atoms with E-state index in [4.69, 9.17) is 0 Å². The quantitative estimate of drug-likeness (QED) is 0.248. The molecule has 1 aliphatic heterocycles. The highest BCUT2D eigenvalue weighted by Gasteiger charge is 2.32. The number of rotatable bonds is 7. The number of halogens is 5. The molecule has 0 amide bonds. The first-order chi connectivity index (χ1) is 12.9. The van der Waals surface area contributed by atoms with Crippen LogP contribution in [0.1, 0.15) is 31.7 Å². The van der Waals surface area contributed by atoms with Gasteiger partial charge in [-0.2, -0.15) is 13.2 Å². The van der Waals surface area contributed by atoms with E-state index in [0.29, 0.717) is 43.6 Å². The minimum atomic E-state index is -4.12. The molecule has 1 fully saturated rings. The molecule has 0 saturated carbocycles. The van der Waals surface area contributed by atoms with E-state index in [1.54, 1.807) is 18.2 Å². The molecule has 0 atom stereocenters. The molecule has 0 spiro atoms. The van der Waals surface area contributed by atoms with Crippen molar-refractivity contribution in [3.05, 3.63) is 35.6 Å². The summed E-state index contributed by atoms with van der Waals surface area (Å²) >= 11 is 0. The Hall–Kier alpha value is -1.10. The summed E-state index contributed by atoms with van der Waals surface area (Å²) in [4.78, 5) is 5.88. The SMILES string of the molecule is CCNC(=NCc1ccccc1F)NCCC1CCN(CC(F)(F)F)CC1.I. The number of guanidine groups is 1. The van der Waals surface area contributed by atoms with Gasteiger partial charge in [-0.25, -0.2) is 9.38 Å². The van der Waals surface area contributed by atoms with Gasteiger partial charge in [0.05, 0.1) is 13.1 Å². The van der Waals surface area contributed by atoms with Crippen LogP contribution in [-0.4, -0.2) is 49.8 Å². The van der Waals surface area contributed by atoms with Crippen molar-refractivity contribution in [2.45, 2.75) is 38.9 Å². The first-order valence-corrected chi connectivity index (χ1v) is 9.42. The molecule has 1 aromatic carbocycles. The van der Waals surface area contributed by atoms with Gasteiger partial charge < -0.3 is 10.6 Å². The number of hydrogen-bond donors (Lipinski definition) is 2. The van der Waals surface area contributed by atoms with E-state index in [-0.39, 0.29) is 36.3 Å². The van der Waals surface area contributed by atoms with E-state index < -0.39 is 12.7 Å². The zero-order valence-electron chi connectivity index (χ0n) is 16.1. The Kier molecular flexibility index (Phi) is 11.1. The van der Waals surface area contributed by atoms with E-state index >= 15 is 0 Å². The summed E-state index contributed by atoms with van der Waals surface area (Å²) in [5.41, 5.74) is 0.534. The van der Waals surface area contributed by atoms with Crippen LogP contribution in [0.5, 0.6) is 0 Å². The predicted octanol–water partition coefficient (Wildman–Crippen LogP) is 4.16. The number of likely N-dealkylation sites (tertiary alicyclic amines) is 1. The molecule has 160 valence electrons. The average molecular weight is 516 g/mol. The maximum Gasteiger partial charge on any atom is 0.401 e. The minimum Gasteiger partial charge on any atom is -0.357 e. The van der Waals surface area contributed by atoms with Gasteiger partial charge >= 0.3 is 6.18 Å². The van der Waals surface area contributed by atoms with Gasteiger partial charge in [-0.1, -0.05) is 18.2 Å². The lowest BCUT2D eigenvalue weighted by Gasteiger charge is -2.32.